The lowest BCUT2D eigenvalue weighted by molar-refractivity contribution is -0.134. The molecule has 0 bridgehead atoms. The van der Waals surface area contributed by atoms with Crippen molar-refractivity contribution in [1.82, 2.24) is 4.90 Å². The largest absolute Gasteiger partial charge is 0.388 e. The van der Waals surface area contributed by atoms with Gasteiger partial charge in [-0.2, -0.15) is 0 Å². The Bertz CT molecular complexity index is 250. The van der Waals surface area contributed by atoms with Crippen LogP contribution in [0.15, 0.2) is 0 Å². The molecule has 3 N–H and O–H groups in total. The molecule has 0 heterocycles. The molecule has 1 atom stereocenters. The molecule has 1 aliphatic rings. The van der Waals surface area contributed by atoms with E-state index in [0.29, 0.717) is 6.54 Å². The van der Waals surface area contributed by atoms with E-state index in [2.05, 4.69) is 6.92 Å². The van der Waals surface area contributed by atoms with Gasteiger partial charge in [0.2, 0.25) is 5.91 Å². The number of amides is 1. The van der Waals surface area contributed by atoms with Crippen LogP contribution in [0.1, 0.15) is 51.9 Å². The van der Waals surface area contributed by atoms with Crippen LogP contribution in [-0.4, -0.2) is 41.1 Å². The van der Waals surface area contributed by atoms with E-state index in [1.807, 2.05) is 0 Å². The molecule has 0 aliphatic heterocycles. The normalized spacial score (nSPS) is 20.2. The molecule has 4 nitrogen and oxygen atoms in total. The van der Waals surface area contributed by atoms with Crippen molar-refractivity contribution in [3.05, 3.63) is 0 Å². The zero-order valence-corrected chi connectivity index (χ0v) is 11.1. The Morgan fingerprint density at radius 1 is 1.47 bits per heavy atom. The highest BCUT2D eigenvalue weighted by atomic mass is 16.3. The number of hydrogen-bond donors (Lipinski definition) is 2. The molecule has 1 rings (SSSR count). The lowest BCUT2D eigenvalue weighted by atomic mass is 10.0. The van der Waals surface area contributed by atoms with Crippen LogP contribution in [0.4, 0.5) is 0 Å². The fraction of sp³-hybridized carbons (Fsp3) is 0.923. The molecule has 1 unspecified atom stereocenters. The van der Waals surface area contributed by atoms with Gasteiger partial charge in [-0.05, 0) is 19.3 Å². The number of carbonyl (C=O) groups excluding carboxylic acids is 1. The summed E-state index contributed by atoms with van der Waals surface area (Å²) in [6.45, 7) is 2.51. The lowest BCUT2D eigenvalue weighted by Gasteiger charge is -2.30. The Labute approximate surface area is 104 Å². The molecule has 17 heavy (non-hydrogen) atoms. The van der Waals surface area contributed by atoms with Gasteiger partial charge in [-0.25, -0.2) is 0 Å². The van der Waals surface area contributed by atoms with Gasteiger partial charge in [0.1, 0.15) is 0 Å². The molecular weight excluding hydrogens is 216 g/mol. The first-order valence-corrected chi connectivity index (χ1v) is 6.71. The van der Waals surface area contributed by atoms with Crippen molar-refractivity contribution >= 4 is 5.91 Å². The summed E-state index contributed by atoms with van der Waals surface area (Å²) in [5.41, 5.74) is 5.18. The summed E-state index contributed by atoms with van der Waals surface area (Å²) in [6.07, 6.45) is 6.47. The number of nitrogens with two attached hydrogens (primary N) is 1. The van der Waals surface area contributed by atoms with Crippen LogP contribution in [0, 0.1) is 0 Å². The average Bonchev–Trinajstić information content (AvgIpc) is 2.71. The van der Waals surface area contributed by atoms with E-state index in [-0.39, 0.29) is 5.91 Å². The molecule has 0 spiro atoms. The number of aliphatic hydroxyl groups is 1. The molecule has 1 amide bonds. The Morgan fingerprint density at radius 3 is 2.59 bits per heavy atom. The quantitative estimate of drug-likeness (QED) is 0.737. The first-order chi connectivity index (χ1) is 7.98. The molecule has 1 fully saturated rings. The van der Waals surface area contributed by atoms with E-state index in [0.717, 1.165) is 44.9 Å². The van der Waals surface area contributed by atoms with Gasteiger partial charge in [-0.3, -0.25) is 4.79 Å². The van der Waals surface area contributed by atoms with Gasteiger partial charge in [0, 0.05) is 13.6 Å². The monoisotopic (exact) mass is 242 g/mol. The van der Waals surface area contributed by atoms with Gasteiger partial charge in [0.25, 0.3) is 0 Å². The maximum Gasteiger partial charge on any atom is 0.239 e. The summed E-state index contributed by atoms with van der Waals surface area (Å²) in [7, 11) is 1.74. The Kier molecular flexibility index (Phi) is 5.40. The van der Waals surface area contributed by atoms with Crippen molar-refractivity contribution in [2.24, 2.45) is 5.73 Å². The third-order valence-electron chi connectivity index (χ3n) is 3.63. The zero-order chi connectivity index (χ0) is 12.9. The highest BCUT2D eigenvalue weighted by Gasteiger charge is 2.34. The smallest absolute Gasteiger partial charge is 0.239 e. The molecule has 100 valence electrons. The van der Waals surface area contributed by atoms with E-state index in [1.54, 1.807) is 11.9 Å². The number of likely N-dealkylation sites (N-methyl/N-ethyl adjacent to an activating group) is 1. The van der Waals surface area contributed by atoms with Crippen LogP contribution >= 0.6 is 0 Å². The summed E-state index contributed by atoms with van der Waals surface area (Å²) >= 11 is 0. The lowest BCUT2D eigenvalue weighted by Crippen LogP contribution is -2.48. The molecule has 0 saturated heterocycles. The van der Waals surface area contributed by atoms with Crippen molar-refractivity contribution in [3.8, 4) is 0 Å². The van der Waals surface area contributed by atoms with Crippen LogP contribution in [-0.2, 0) is 4.79 Å². The Balaban J connectivity index is 2.40. The minimum absolute atomic E-state index is 0.0428. The van der Waals surface area contributed by atoms with Crippen LogP contribution in [0.3, 0.4) is 0 Å². The van der Waals surface area contributed by atoms with Crippen molar-refractivity contribution in [1.29, 1.82) is 0 Å². The first-order valence-electron chi connectivity index (χ1n) is 6.71. The average molecular weight is 242 g/mol. The van der Waals surface area contributed by atoms with Gasteiger partial charge < -0.3 is 15.7 Å². The summed E-state index contributed by atoms with van der Waals surface area (Å²) in [6, 6.07) is -0.412. The van der Waals surface area contributed by atoms with Crippen LogP contribution in [0.5, 0.6) is 0 Å². The first kappa shape index (κ1) is 14.5. The van der Waals surface area contributed by atoms with E-state index in [4.69, 9.17) is 5.73 Å². The van der Waals surface area contributed by atoms with Gasteiger partial charge in [0.05, 0.1) is 11.6 Å². The van der Waals surface area contributed by atoms with Crippen LogP contribution in [0.2, 0.25) is 0 Å². The predicted molar refractivity (Wildman–Crippen MR) is 68.6 cm³/mol. The highest BCUT2D eigenvalue weighted by molar-refractivity contribution is 5.81. The van der Waals surface area contributed by atoms with Crippen molar-refractivity contribution in [2.45, 2.75) is 63.5 Å². The third kappa shape index (κ3) is 4.28. The molecule has 4 heteroatoms. The molecule has 0 aromatic carbocycles. The fourth-order valence-electron chi connectivity index (χ4n) is 2.54. The molecule has 0 aromatic rings. The second-order valence-electron chi connectivity index (χ2n) is 5.37. The van der Waals surface area contributed by atoms with Gasteiger partial charge in [0.15, 0.2) is 0 Å². The van der Waals surface area contributed by atoms with Crippen molar-refractivity contribution in [3.63, 3.8) is 0 Å². The number of hydrogen-bond acceptors (Lipinski definition) is 3. The highest BCUT2D eigenvalue weighted by Crippen LogP contribution is 2.30. The van der Waals surface area contributed by atoms with Crippen LogP contribution < -0.4 is 5.73 Å². The van der Waals surface area contributed by atoms with Crippen molar-refractivity contribution < 1.29 is 9.90 Å². The summed E-state index contributed by atoms with van der Waals surface area (Å²) in [5, 5.41) is 10.2. The van der Waals surface area contributed by atoms with Gasteiger partial charge in [-0.15, -0.1) is 0 Å². The van der Waals surface area contributed by atoms with E-state index >= 15 is 0 Å². The van der Waals surface area contributed by atoms with Crippen LogP contribution in [0.25, 0.3) is 0 Å². The minimum Gasteiger partial charge on any atom is -0.388 e. The SMILES string of the molecule is CCCCC(N)C(=O)N(C)CC1(O)CCCC1. The molecule has 0 aromatic heterocycles. The second kappa shape index (κ2) is 6.36. The Morgan fingerprint density at radius 2 is 2.06 bits per heavy atom. The van der Waals surface area contributed by atoms with Gasteiger partial charge >= 0.3 is 0 Å². The number of nitrogens with zero attached hydrogens (tertiary/aromatic N) is 1. The second-order valence-corrected chi connectivity index (χ2v) is 5.37. The molecule has 0 radical (unpaired) electrons. The topological polar surface area (TPSA) is 66.6 Å². The molecule has 1 saturated carbocycles. The standard InChI is InChI=1S/C13H26N2O2/c1-3-4-7-11(14)12(16)15(2)10-13(17)8-5-6-9-13/h11,17H,3-10,14H2,1-2H3. The summed E-state index contributed by atoms with van der Waals surface area (Å²) in [5.74, 6) is -0.0428. The molecule has 1 aliphatic carbocycles. The summed E-state index contributed by atoms with van der Waals surface area (Å²) in [4.78, 5) is 13.6. The number of carbonyl (C=O) groups is 1. The predicted octanol–water partition coefficient (Wildman–Crippen LogP) is 1.27. The van der Waals surface area contributed by atoms with Crippen molar-refractivity contribution in [2.75, 3.05) is 13.6 Å². The zero-order valence-electron chi connectivity index (χ0n) is 11.1. The van der Waals surface area contributed by atoms with E-state index in [9.17, 15) is 9.90 Å². The summed E-state index contributed by atoms with van der Waals surface area (Å²) < 4.78 is 0. The third-order valence-corrected chi connectivity index (χ3v) is 3.63. The fourth-order valence-corrected chi connectivity index (χ4v) is 2.54. The van der Waals surface area contributed by atoms with E-state index < -0.39 is 11.6 Å². The number of rotatable bonds is 6. The van der Waals surface area contributed by atoms with E-state index in [1.165, 1.54) is 0 Å². The Hall–Kier alpha value is -0.610. The maximum absolute atomic E-state index is 12.0. The van der Waals surface area contributed by atoms with Gasteiger partial charge in [-0.1, -0.05) is 32.6 Å². The molecular formula is C13H26N2O2. The minimum atomic E-state index is -0.672. The maximum atomic E-state index is 12.0. The number of unbranched alkanes of at least 4 members (excludes halogenated alkanes) is 1.